The SMILES string of the molecule is C=CCOc1ccc([C@H](N)C=C)cc1. The van der Waals surface area contributed by atoms with Crippen LogP contribution in [-0.4, -0.2) is 6.61 Å². The minimum atomic E-state index is -0.108. The van der Waals surface area contributed by atoms with Gasteiger partial charge in [0.15, 0.2) is 0 Å². The Hall–Kier alpha value is -1.54. The molecule has 0 fully saturated rings. The predicted octanol–water partition coefficient (Wildman–Crippen LogP) is 2.44. The molecule has 1 aromatic carbocycles. The molecule has 14 heavy (non-hydrogen) atoms. The highest BCUT2D eigenvalue weighted by molar-refractivity contribution is 5.30. The van der Waals surface area contributed by atoms with Crippen LogP contribution in [-0.2, 0) is 0 Å². The van der Waals surface area contributed by atoms with Crippen molar-refractivity contribution in [3.05, 3.63) is 55.1 Å². The predicted molar refractivity (Wildman–Crippen MR) is 59.3 cm³/mol. The quantitative estimate of drug-likeness (QED) is 0.722. The summed E-state index contributed by atoms with van der Waals surface area (Å²) in [5, 5.41) is 0. The first-order chi connectivity index (χ1) is 6.77. The van der Waals surface area contributed by atoms with Gasteiger partial charge in [0.2, 0.25) is 0 Å². The lowest BCUT2D eigenvalue weighted by Gasteiger charge is -2.08. The number of hydrogen-bond acceptors (Lipinski definition) is 2. The molecule has 1 aromatic rings. The summed E-state index contributed by atoms with van der Waals surface area (Å²) in [4.78, 5) is 0. The molecular formula is C12H15NO. The van der Waals surface area contributed by atoms with Crippen LogP contribution < -0.4 is 10.5 Å². The first-order valence-electron chi connectivity index (χ1n) is 4.49. The standard InChI is InChI=1S/C12H15NO/c1-3-9-14-11-7-5-10(6-8-11)12(13)4-2/h3-8,12H,1-2,9,13H2/t12-/m1/s1. The van der Waals surface area contributed by atoms with Gasteiger partial charge in [-0.15, -0.1) is 6.58 Å². The second-order valence-corrected chi connectivity index (χ2v) is 2.93. The molecule has 0 aliphatic carbocycles. The average molecular weight is 189 g/mol. The van der Waals surface area contributed by atoms with E-state index in [1.54, 1.807) is 12.2 Å². The number of hydrogen-bond donors (Lipinski definition) is 1. The Balaban J connectivity index is 2.67. The molecule has 0 aliphatic rings. The van der Waals surface area contributed by atoms with Crippen molar-refractivity contribution in [2.75, 3.05) is 6.61 Å². The maximum absolute atomic E-state index is 5.77. The van der Waals surface area contributed by atoms with E-state index in [0.717, 1.165) is 11.3 Å². The van der Waals surface area contributed by atoms with Crippen LogP contribution >= 0.6 is 0 Å². The van der Waals surface area contributed by atoms with Crippen molar-refractivity contribution in [3.63, 3.8) is 0 Å². The van der Waals surface area contributed by atoms with Crippen molar-refractivity contribution in [2.45, 2.75) is 6.04 Å². The normalized spacial score (nSPS) is 11.8. The first-order valence-corrected chi connectivity index (χ1v) is 4.49. The Labute approximate surface area is 84.7 Å². The minimum absolute atomic E-state index is 0.108. The molecule has 2 nitrogen and oxygen atoms in total. The number of benzene rings is 1. The fourth-order valence-corrected chi connectivity index (χ4v) is 1.08. The number of ether oxygens (including phenoxy) is 1. The Morgan fingerprint density at radius 3 is 2.43 bits per heavy atom. The molecule has 2 N–H and O–H groups in total. The van der Waals surface area contributed by atoms with E-state index in [0.29, 0.717) is 6.61 Å². The van der Waals surface area contributed by atoms with Gasteiger partial charge in [-0.3, -0.25) is 0 Å². The van der Waals surface area contributed by atoms with Crippen LogP contribution in [0.3, 0.4) is 0 Å². The van der Waals surface area contributed by atoms with Crippen LogP contribution in [0.4, 0.5) is 0 Å². The van der Waals surface area contributed by atoms with E-state index in [9.17, 15) is 0 Å². The van der Waals surface area contributed by atoms with Crippen molar-refractivity contribution in [1.82, 2.24) is 0 Å². The molecule has 0 heterocycles. The molecule has 1 rings (SSSR count). The highest BCUT2D eigenvalue weighted by atomic mass is 16.5. The zero-order valence-electron chi connectivity index (χ0n) is 8.15. The van der Waals surface area contributed by atoms with E-state index in [1.165, 1.54) is 0 Å². The Bertz CT molecular complexity index is 303. The van der Waals surface area contributed by atoms with Gasteiger partial charge in [0, 0.05) is 6.04 Å². The summed E-state index contributed by atoms with van der Waals surface area (Å²) < 4.78 is 5.34. The van der Waals surface area contributed by atoms with Crippen molar-refractivity contribution in [1.29, 1.82) is 0 Å². The third-order valence-electron chi connectivity index (χ3n) is 1.89. The van der Waals surface area contributed by atoms with Gasteiger partial charge in [0.25, 0.3) is 0 Å². The van der Waals surface area contributed by atoms with Crippen molar-refractivity contribution < 1.29 is 4.74 Å². The zero-order valence-corrected chi connectivity index (χ0v) is 8.15. The summed E-state index contributed by atoms with van der Waals surface area (Å²) in [6.45, 7) is 7.74. The summed E-state index contributed by atoms with van der Waals surface area (Å²) >= 11 is 0. The summed E-state index contributed by atoms with van der Waals surface area (Å²) in [5.41, 5.74) is 6.80. The molecule has 0 spiro atoms. The highest BCUT2D eigenvalue weighted by Crippen LogP contribution is 2.16. The molecule has 74 valence electrons. The van der Waals surface area contributed by atoms with E-state index >= 15 is 0 Å². The van der Waals surface area contributed by atoms with Crippen molar-refractivity contribution in [3.8, 4) is 5.75 Å². The van der Waals surface area contributed by atoms with Crippen LogP contribution in [0.1, 0.15) is 11.6 Å². The van der Waals surface area contributed by atoms with Crippen LogP contribution in [0.5, 0.6) is 5.75 Å². The third-order valence-corrected chi connectivity index (χ3v) is 1.89. The molecule has 0 amide bonds. The Morgan fingerprint density at radius 2 is 1.93 bits per heavy atom. The average Bonchev–Trinajstić information content (AvgIpc) is 2.26. The second-order valence-electron chi connectivity index (χ2n) is 2.93. The van der Waals surface area contributed by atoms with Gasteiger partial charge in [-0.25, -0.2) is 0 Å². The monoisotopic (exact) mass is 189 g/mol. The maximum atomic E-state index is 5.77. The second kappa shape index (κ2) is 5.25. The molecule has 2 heteroatoms. The lowest BCUT2D eigenvalue weighted by molar-refractivity contribution is 0.363. The Morgan fingerprint density at radius 1 is 1.29 bits per heavy atom. The molecular weight excluding hydrogens is 174 g/mol. The van der Waals surface area contributed by atoms with Gasteiger partial charge >= 0.3 is 0 Å². The zero-order chi connectivity index (χ0) is 10.4. The van der Waals surface area contributed by atoms with Crippen LogP contribution in [0.15, 0.2) is 49.6 Å². The molecule has 1 atom stereocenters. The molecule has 0 aromatic heterocycles. The van der Waals surface area contributed by atoms with Crippen molar-refractivity contribution >= 4 is 0 Å². The van der Waals surface area contributed by atoms with Gasteiger partial charge in [-0.2, -0.15) is 0 Å². The summed E-state index contributed by atoms with van der Waals surface area (Å²) in [7, 11) is 0. The van der Waals surface area contributed by atoms with Gasteiger partial charge in [0.05, 0.1) is 0 Å². The molecule has 0 unspecified atom stereocenters. The van der Waals surface area contributed by atoms with Crippen molar-refractivity contribution in [2.24, 2.45) is 5.73 Å². The van der Waals surface area contributed by atoms with Crippen LogP contribution in [0.2, 0.25) is 0 Å². The van der Waals surface area contributed by atoms with E-state index in [-0.39, 0.29) is 6.04 Å². The van der Waals surface area contributed by atoms with Gasteiger partial charge in [-0.1, -0.05) is 30.9 Å². The van der Waals surface area contributed by atoms with Gasteiger partial charge in [0.1, 0.15) is 12.4 Å². The van der Waals surface area contributed by atoms with E-state index in [4.69, 9.17) is 10.5 Å². The molecule has 0 saturated heterocycles. The van der Waals surface area contributed by atoms with Gasteiger partial charge in [-0.05, 0) is 17.7 Å². The van der Waals surface area contributed by atoms with E-state index in [1.807, 2.05) is 24.3 Å². The lowest BCUT2D eigenvalue weighted by atomic mass is 10.1. The minimum Gasteiger partial charge on any atom is -0.490 e. The first kappa shape index (κ1) is 10.5. The topological polar surface area (TPSA) is 35.2 Å². The maximum Gasteiger partial charge on any atom is 0.119 e. The van der Waals surface area contributed by atoms with Crippen LogP contribution in [0.25, 0.3) is 0 Å². The largest absolute Gasteiger partial charge is 0.490 e. The fourth-order valence-electron chi connectivity index (χ4n) is 1.08. The van der Waals surface area contributed by atoms with Crippen LogP contribution in [0, 0.1) is 0 Å². The summed E-state index contributed by atoms with van der Waals surface area (Å²) in [6.07, 6.45) is 3.42. The number of rotatable bonds is 5. The van der Waals surface area contributed by atoms with Gasteiger partial charge < -0.3 is 10.5 Å². The Kier molecular flexibility index (Phi) is 3.95. The summed E-state index contributed by atoms with van der Waals surface area (Å²) in [6, 6.07) is 7.54. The highest BCUT2D eigenvalue weighted by Gasteiger charge is 2.00. The molecule has 0 saturated carbocycles. The molecule has 0 radical (unpaired) electrons. The third kappa shape index (κ3) is 2.75. The molecule has 0 aliphatic heterocycles. The number of nitrogens with two attached hydrogens (primary N) is 1. The smallest absolute Gasteiger partial charge is 0.119 e. The van der Waals surface area contributed by atoms with E-state index < -0.39 is 0 Å². The fraction of sp³-hybridized carbons (Fsp3) is 0.167. The lowest BCUT2D eigenvalue weighted by Crippen LogP contribution is -2.06. The molecule has 0 bridgehead atoms. The summed E-state index contributed by atoms with van der Waals surface area (Å²) in [5.74, 6) is 0.824. The van der Waals surface area contributed by atoms with E-state index in [2.05, 4.69) is 13.2 Å².